The third-order valence-corrected chi connectivity index (χ3v) is 4.13. The van der Waals surface area contributed by atoms with Crippen LogP contribution in [0.15, 0.2) is 24.3 Å². The van der Waals surface area contributed by atoms with E-state index in [1.165, 1.54) is 24.3 Å². The van der Waals surface area contributed by atoms with Crippen LogP contribution in [-0.2, 0) is 19.0 Å². The van der Waals surface area contributed by atoms with Crippen LogP contribution in [0.25, 0.3) is 6.08 Å². The van der Waals surface area contributed by atoms with E-state index in [-0.39, 0.29) is 11.5 Å². The number of rotatable bonds is 8. The molecule has 0 radical (unpaired) electrons. The number of phenolic OH excluding ortho intramolecular Hbond substituents is 2. The lowest BCUT2D eigenvalue weighted by molar-refractivity contribution is -0.304. The van der Waals surface area contributed by atoms with Gasteiger partial charge in [0.25, 0.3) is 0 Å². The van der Waals surface area contributed by atoms with Gasteiger partial charge in [0.2, 0.25) is 0 Å². The first-order valence-corrected chi connectivity index (χ1v) is 8.70. The van der Waals surface area contributed by atoms with Gasteiger partial charge in [0.1, 0.15) is 37.1 Å². The molecule has 1 heterocycles. The molecule has 29 heavy (non-hydrogen) atoms. The zero-order chi connectivity index (χ0) is 21.6. The van der Waals surface area contributed by atoms with Crippen molar-refractivity contribution in [3.8, 4) is 11.5 Å². The maximum Gasteiger partial charge on any atom is 0.330 e. The lowest BCUT2D eigenvalue weighted by Crippen LogP contribution is -2.59. The minimum absolute atomic E-state index is 0.299. The molecule has 7 N–H and O–H groups in total. The Labute approximate surface area is 165 Å². The molecule has 0 bridgehead atoms. The van der Waals surface area contributed by atoms with E-state index >= 15 is 0 Å². The summed E-state index contributed by atoms with van der Waals surface area (Å²) in [6.07, 6.45) is -6.18. The van der Waals surface area contributed by atoms with E-state index in [0.29, 0.717) is 5.56 Å². The summed E-state index contributed by atoms with van der Waals surface area (Å²) >= 11 is 0. The molecule has 2 rings (SSSR count). The van der Waals surface area contributed by atoms with Crippen LogP contribution in [0.5, 0.6) is 11.5 Å². The minimum Gasteiger partial charge on any atom is -0.504 e. The zero-order valence-electron chi connectivity index (χ0n) is 15.2. The van der Waals surface area contributed by atoms with Gasteiger partial charge in [-0.15, -0.1) is 0 Å². The number of esters is 1. The molecule has 1 fully saturated rings. The molecule has 162 valence electrons. The van der Waals surface area contributed by atoms with Crippen LogP contribution < -0.4 is 0 Å². The van der Waals surface area contributed by atoms with Gasteiger partial charge in [-0.3, -0.25) is 0 Å². The first-order chi connectivity index (χ1) is 13.7. The average Bonchev–Trinajstić information content (AvgIpc) is 2.70. The molecule has 11 nitrogen and oxygen atoms in total. The molecule has 1 aliphatic heterocycles. The van der Waals surface area contributed by atoms with Crippen LogP contribution in [0, 0.1) is 0 Å². The molecular formula is C18H24O11. The third kappa shape index (κ3) is 6.37. The van der Waals surface area contributed by atoms with E-state index < -0.39 is 62.6 Å². The highest BCUT2D eigenvalue weighted by Crippen LogP contribution is 2.25. The fourth-order valence-corrected chi connectivity index (χ4v) is 2.49. The van der Waals surface area contributed by atoms with Gasteiger partial charge in [0, 0.05) is 6.08 Å². The lowest BCUT2D eigenvalue weighted by atomic mass is 9.99. The summed E-state index contributed by atoms with van der Waals surface area (Å²) in [5.41, 5.74) is 0.434. The predicted molar refractivity (Wildman–Crippen MR) is 95.5 cm³/mol. The second kappa shape index (κ2) is 10.5. The number of aliphatic hydroxyl groups excluding tert-OH is 5. The number of benzene rings is 1. The summed E-state index contributed by atoms with van der Waals surface area (Å²) in [5, 5.41) is 66.6. The van der Waals surface area contributed by atoms with Crippen LogP contribution in [0.3, 0.4) is 0 Å². The monoisotopic (exact) mass is 416 g/mol. The average molecular weight is 416 g/mol. The van der Waals surface area contributed by atoms with Gasteiger partial charge >= 0.3 is 5.97 Å². The number of aromatic hydroxyl groups is 2. The Hall–Kier alpha value is -2.25. The molecule has 1 aromatic carbocycles. The number of ether oxygens (including phenoxy) is 3. The smallest absolute Gasteiger partial charge is 0.330 e. The Bertz CT molecular complexity index is 705. The van der Waals surface area contributed by atoms with Crippen LogP contribution in [0.1, 0.15) is 5.56 Å². The third-order valence-electron chi connectivity index (χ3n) is 4.13. The van der Waals surface area contributed by atoms with E-state index in [4.69, 9.17) is 19.3 Å². The molecular weight excluding hydrogens is 392 g/mol. The summed E-state index contributed by atoms with van der Waals surface area (Å²) in [5.74, 6) is -1.43. The van der Waals surface area contributed by atoms with Gasteiger partial charge in [-0.05, 0) is 23.8 Å². The van der Waals surface area contributed by atoms with Crippen molar-refractivity contribution in [2.45, 2.75) is 36.8 Å². The maximum atomic E-state index is 11.7. The molecule has 2 unspecified atom stereocenters. The van der Waals surface area contributed by atoms with Gasteiger partial charge in [0.05, 0.1) is 13.2 Å². The summed E-state index contributed by atoms with van der Waals surface area (Å²) in [7, 11) is 0. The van der Waals surface area contributed by atoms with Gasteiger partial charge < -0.3 is 50.0 Å². The quantitative estimate of drug-likeness (QED) is 0.139. The zero-order valence-corrected chi connectivity index (χ0v) is 15.2. The molecule has 1 aromatic rings. The van der Waals surface area contributed by atoms with Gasteiger partial charge in [-0.2, -0.15) is 0 Å². The molecule has 1 saturated heterocycles. The Morgan fingerprint density at radius 1 is 1.10 bits per heavy atom. The van der Waals surface area contributed by atoms with Crippen LogP contribution in [0.2, 0.25) is 0 Å². The molecule has 11 heteroatoms. The summed E-state index contributed by atoms with van der Waals surface area (Å²) in [6, 6.07) is 3.95. The van der Waals surface area contributed by atoms with E-state index in [1.807, 2.05) is 0 Å². The van der Waals surface area contributed by atoms with E-state index in [9.17, 15) is 35.4 Å². The summed E-state index contributed by atoms with van der Waals surface area (Å²) in [4.78, 5) is 11.7. The van der Waals surface area contributed by atoms with Crippen LogP contribution in [0.4, 0.5) is 0 Å². The molecule has 0 aromatic heterocycles. The molecule has 6 atom stereocenters. The highest BCUT2D eigenvalue weighted by Gasteiger charge is 2.44. The Balaban J connectivity index is 1.76. The standard InChI is InChI=1S/C18H24O11/c19-6-13-15(24)16(25)17(26)18(29-13)28-8-10(20)7-27-14(23)4-2-9-1-3-11(21)12(22)5-9/h1-5,10,13,15-22,24-26H,6-8H2/t10-,13?,15-,16-,17?,18-/m1/s1. The van der Waals surface area contributed by atoms with Crippen molar-refractivity contribution in [3.63, 3.8) is 0 Å². The van der Waals surface area contributed by atoms with Crippen molar-refractivity contribution >= 4 is 12.0 Å². The molecule has 0 spiro atoms. The van der Waals surface area contributed by atoms with Crippen molar-refractivity contribution in [2.24, 2.45) is 0 Å². The lowest BCUT2D eigenvalue weighted by Gasteiger charge is -2.39. The van der Waals surface area contributed by atoms with Gasteiger partial charge in [0.15, 0.2) is 17.8 Å². The fraction of sp³-hybridized carbons (Fsp3) is 0.500. The molecule has 1 aliphatic rings. The van der Waals surface area contributed by atoms with Crippen molar-refractivity contribution in [1.29, 1.82) is 0 Å². The van der Waals surface area contributed by atoms with E-state index in [0.717, 1.165) is 6.08 Å². The second-order valence-electron chi connectivity index (χ2n) is 6.40. The Kier molecular flexibility index (Phi) is 8.34. The normalized spacial score (nSPS) is 28.4. The van der Waals surface area contributed by atoms with Crippen molar-refractivity contribution in [2.75, 3.05) is 19.8 Å². The number of hydrogen-bond acceptors (Lipinski definition) is 11. The predicted octanol–water partition coefficient (Wildman–Crippen LogP) is -2.17. The van der Waals surface area contributed by atoms with Gasteiger partial charge in [-0.1, -0.05) is 6.07 Å². The summed E-state index contributed by atoms with van der Waals surface area (Å²) < 4.78 is 15.1. The fourth-order valence-electron chi connectivity index (χ4n) is 2.49. The number of phenols is 2. The van der Waals surface area contributed by atoms with Crippen molar-refractivity contribution < 1.29 is 54.8 Å². The van der Waals surface area contributed by atoms with Crippen molar-refractivity contribution in [3.05, 3.63) is 29.8 Å². The van der Waals surface area contributed by atoms with Crippen LogP contribution >= 0.6 is 0 Å². The maximum absolute atomic E-state index is 11.7. The minimum atomic E-state index is -1.61. The summed E-state index contributed by atoms with van der Waals surface area (Å²) in [6.45, 7) is -1.48. The molecule has 0 amide bonds. The number of hydrogen-bond donors (Lipinski definition) is 7. The Morgan fingerprint density at radius 2 is 1.83 bits per heavy atom. The van der Waals surface area contributed by atoms with Crippen molar-refractivity contribution in [1.82, 2.24) is 0 Å². The highest BCUT2D eigenvalue weighted by molar-refractivity contribution is 5.87. The second-order valence-corrected chi connectivity index (χ2v) is 6.40. The number of carbonyl (C=O) groups excluding carboxylic acids is 1. The van der Waals surface area contributed by atoms with E-state index in [1.54, 1.807) is 0 Å². The van der Waals surface area contributed by atoms with E-state index in [2.05, 4.69) is 0 Å². The highest BCUT2D eigenvalue weighted by atomic mass is 16.7. The molecule has 0 saturated carbocycles. The SMILES string of the molecule is O=C(C=Cc1ccc(O)c(O)c1)OC[C@@H](O)CO[C@@H]1OC(CO)[C@@H](O)[C@@H](O)C1O. The number of carbonyl (C=O) groups is 1. The number of aliphatic hydroxyl groups is 5. The van der Waals surface area contributed by atoms with Crippen LogP contribution in [-0.4, -0.2) is 98.3 Å². The largest absolute Gasteiger partial charge is 0.504 e. The first kappa shape index (κ1) is 23.0. The molecule has 0 aliphatic carbocycles. The topological polar surface area (TPSA) is 186 Å². The first-order valence-electron chi connectivity index (χ1n) is 8.70. The van der Waals surface area contributed by atoms with Gasteiger partial charge in [-0.25, -0.2) is 4.79 Å². The Morgan fingerprint density at radius 3 is 2.48 bits per heavy atom.